The number of aliphatic hydroxyl groups excluding tert-OH is 1. The first kappa shape index (κ1) is 21.3. The van der Waals surface area contributed by atoms with Crippen LogP contribution in [0, 0.1) is 6.92 Å². The predicted molar refractivity (Wildman–Crippen MR) is 127 cm³/mol. The number of fused-ring (bicyclic) bond motifs is 2. The smallest absolute Gasteiger partial charge is 0.121 e. The van der Waals surface area contributed by atoms with Gasteiger partial charge >= 0.3 is 0 Å². The second-order valence-corrected chi connectivity index (χ2v) is 9.81. The Bertz CT molecular complexity index is 1230. The Morgan fingerprint density at radius 3 is 2.78 bits per heavy atom. The van der Waals surface area contributed by atoms with E-state index >= 15 is 0 Å². The van der Waals surface area contributed by atoms with Crippen LogP contribution in [0.2, 0.25) is 0 Å². The zero-order valence-corrected chi connectivity index (χ0v) is 18.9. The van der Waals surface area contributed by atoms with Crippen LogP contribution in [0.4, 0.5) is 0 Å². The third kappa shape index (κ3) is 4.47. The lowest BCUT2D eigenvalue weighted by molar-refractivity contribution is -0.0373. The van der Waals surface area contributed by atoms with E-state index in [2.05, 4.69) is 14.9 Å². The first-order chi connectivity index (χ1) is 15.5. The number of rotatable bonds is 6. The van der Waals surface area contributed by atoms with E-state index in [0.717, 1.165) is 37.4 Å². The predicted octanol–water partition coefficient (Wildman–Crippen LogP) is 3.88. The van der Waals surface area contributed by atoms with E-state index in [4.69, 9.17) is 4.74 Å². The minimum Gasteiger partial charge on any atom is -0.491 e. The molecule has 7 heteroatoms. The second kappa shape index (κ2) is 8.75. The lowest BCUT2D eigenvalue weighted by Gasteiger charge is -2.39. The molecule has 1 fully saturated rings. The number of β-amino-alcohol motifs (C(OH)–C–C–N with tert-alkyl or cyclic N) is 1. The average Bonchev–Trinajstić information content (AvgIpc) is 3.18. The van der Waals surface area contributed by atoms with Crippen molar-refractivity contribution in [2.75, 3.05) is 26.2 Å². The quantitative estimate of drug-likeness (QED) is 0.465. The van der Waals surface area contributed by atoms with Crippen molar-refractivity contribution >= 4 is 32.5 Å². The van der Waals surface area contributed by atoms with Crippen LogP contribution in [0.15, 0.2) is 54.7 Å². The second-order valence-electron chi connectivity index (χ2n) is 8.58. The highest BCUT2D eigenvalue weighted by Crippen LogP contribution is 2.34. The number of aliphatic hydroxyl groups is 2. The molecule has 2 aromatic carbocycles. The van der Waals surface area contributed by atoms with Crippen molar-refractivity contribution < 1.29 is 14.9 Å². The van der Waals surface area contributed by atoms with Gasteiger partial charge in [-0.3, -0.25) is 4.98 Å². The fourth-order valence-electron chi connectivity index (χ4n) is 4.38. The molecule has 0 radical (unpaired) electrons. The number of aryl methyl sites for hydroxylation is 1. The molecule has 5 rings (SSSR count). The number of piperidine rings is 1. The van der Waals surface area contributed by atoms with E-state index < -0.39 is 11.7 Å². The van der Waals surface area contributed by atoms with Gasteiger partial charge in [-0.25, -0.2) is 4.98 Å². The van der Waals surface area contributed by atoms with Gasteiger partial charge < -0.3 is 19.8 Å². The molecule has 2 N–H and O–H groups in total. The van der Waals surface area contributed by atoms with Crippen LogP contribution < -0.4 is 4.74 Å². The molecule has 0 spiro atoms. The number of pyridine rings is 1. The Labute approximate surface area is 191 Å². The normalized spacial score (nSPS) is 17.6. The van der Waals surface area contributed by atoms with Crippen molar-refractivity contribution in [2.45, 2.75) is 31.5 Å². The van der Waals surface area contributed by atoms with E-state index in [9.17, 15) is 10.2 Å². The number of likely N-dealkylation sites (tertiary alicyclic amines) is 1. The molecule has 2 aromatic heterocycles. The van der Waals surface area contributed by atoms with Gasteiger partial charge in [0.25, 0.3) is 0 Å². The van der Waals surface area contributed by atoms with Crippen molar-refractivity contribution in [1.29, 1.82) is 0 Å². The van der Waals surface area contributed by atoms with E-state index in [0.29, 0.717) is 32.5 Å². The number of aromatic nitrogens is 2. The van der Waals surface area contributed by atoms with E-state index in [1.807, 2.05) is 55.5 Å². The van der Waals surface area contributed by atoms with Gasteiger partial charge in [0.15, 0.2) is 0 Å². The number of hydrogen-bond donors (Lipinski definition) is 2. The van der Waals surface area contributed by atoms with Gasteiger partial charge in [-0.2, -0.15) is 0 Å². The molecule has 166 valence electrons. The summed E-state index contributed by atoms with van der Waals surface area (Å²) in [4.78, 5) is 11.2. The zero-order valence-electron chi connectivity index (χ0n) is 18.1. The Balaban J connectivity index is 1.15. The van der Waals surface area contributed by atoms with E-state index in [1.165, 1.54) is 0 Å². The lowest BCUT2D eigenvalue weighted by Crippen LogP contribution is -2.46. The Kier molecular flexibility index (Phi) is 5.82. The summed E-state index contributed by atoms with van der Waals surface area (Å²) in [6.07, 6.45) is 2.42. The summed E-state index contributed by atoms with van der Waals surface area (Å²) >= 11 is 1.66. The van der Waals surface area contributed by atoms with Crippen molar-refractivity contribution in [3.8, 4) is 5.75 Å². The Morgan fingerprint density at radius 1 is 1.12 bits per heavy atom. The molecule has 0 amide bonds. The minimum atomic E-state index is -0.879. The van der Waals surface area contributed by atoms with Crippen LogP contribution in [0.25, 0.3) is 21.1 Å². The summed E-state index contributed by atoms with van der Waals surface area (Å²) in [6, 6.07) is 15.8. The van der Waals surface area contributed by atoms with Gasteiger partial charge in [0.2, 0.25) is 0 Å². The molecule has 1 aliphatic rings. The highest BCUT2D eigenvalue weighted by molar-refractivity contribution is 7.18. The number of ether oxygens (including phenoxy) is 1. The van der Waals surface area contributed by atoms with Gasteiger partial charge in [0, 0.05) is 42.8 Å². The molecular weight excluding hydrogens is 422 g/mol. The van der Waals surface area contributed by atoms with Crippen LogP contribution in [-0.4, -0.2) is 57.4 Å². The van der Waals surface area contributed by atoms with Gasteiger partial charge in [-0.1, -0.05) is 18.2 Å². The van der Waals surface area contributed by atoms with E-state index in [-0.39, 0.29) is 6.61 Å². The highest BCUT2D eigenvalue weighted by Gasteiger charge is 2.34. The van der Waals surface area contributed by atoms with Gasteiger partial charge in [-0.15, -0.1) is 11.3 Å². The minimum absolute atomic E-state index is 0.226. The fraction of sp³-hybridized carbons (Fsp3) is 0.360. The highest BCUT2D eigenvalue weighted by atomic mass is 32.1. The molecule has 0 unspecified atom stereocenters. The van der Waals surface area contributed by atoms with Gasteiger partial charge in [0.05, 0.1) is 26.3 Å². The summed E-state index contributed by atoms with van der Waals surface area (Å²) in [5.74, 6) is 0.721. The number of para-hydroxylation sites is 1. The number of benzene rings is 2. The molecule has 6 nitrogen and oxygen atoms in total. The van der Waals surface area contributed by atoms with Gasteiger partial charge in [-0.05, 0) is 44.0 Å². The van der Waals surface area contributed by atoms with Crippen LogP contribution in [0.3, 0.4) is 0 Å². The zero-order chi connectivity index (χ0) is 22.1. The summed E-state index contributed by atoms with van der Waals surface area (Å²) in [7, 11) is 0. The molecule has 1 saturated heterocycles. The molecular formula is C25H27N3O3S. The first-order valence-corrected chi connectivity index (χ1v) is 11.8. The van der Waals surface area contributed by atoms with Crippen molar-refractivity contribution in [2.24, 2.45) is 0 Å². The summed E-state index contributed by atoms with van der Waals surface area (Å²) in [6.45, 7) is 4.16. The Morgan fingerprint density at radius 2 is 1.94 bits per heavy atom. The molecule has 32 heavy (non-hydrogen) atoms. The molecule has 1 atom stereocenters. The number of thiazole rings is 1. The SMILES string of the molecule is Cc1nc2cc(OC[C@@H](O)CN3CCC(O)(c4cnc5ccccc5c4)CC3)ccc2s1. The van der Waals surface area contributed by atoms with Crippen LogP contribution >= 0.6 is 11.3 Å². The fourth-order valence-corrected chi connectivity index (χ4v) is 5.18. The van der Waals surface area contributed by atoms with Gasteiger partial charge in [0.1, 0.15) is 18.5 Å². The third-order valence-corrected chi connectivity index (χ3v) is 7.14. The van der Waals surface area contributed by atoms with Crippen LogP contribution in [0.1, 0.15) is 23.4 Å². The molecule has 0 aliphatic carbocycles. The topological polar surface area (TPSA) is 78.7 Å². The number of nitrogens with zero attached hydrogens (tertiary/aromatic N) is 3. The van der Waals surface area contributed by atoms with E-state index in [1.54, 1.807) is 17.5 Å². The molecule has 0 saturated carbocycles. The number of hydrogen-bond acceptors (Lipinski definition) is 7. The first-order valence-electron chi connectivity index (χ1n) is 11.0. The maximum Gasteiger partial charge on any atom is 0.121 e. The van der Waals surface area contributed by atoms with Crippen LogP contribution in [0.5, 0.6) is 5.75 Å². The molecule has 1 aliphatic heterocycles. The van der Waals surface area contributed by atoms with Crippen LogP contribution in [-0.2, 0) is 5.60 Å². The maximum absolute atomic E-state index is 11.2. The summed E-state index contributed by atoms with van der Waals surface area (Å²) < 4.78 is 6.95. The third-order valence-electron chi connectivity index (χ3n) is 6.19. The summed E-state index contributed by atoms with van der Waals surface area (Å²) in [5, 5.41) is 23.8. The average molecular weight is 450 g/mol. The maximum atomic E-state index is 11.2. The Hall–Kier alpha value is -2.58. The van der Waals surface area contributed by atoms with Crippen molar-refractivity contribution in [1.82, 2.24) is 14.9 Å². The van der Waals surface area contributed by atoms with Crippen molar-refractivity contribution in [3.63, 3.8) is 0 Å². The van der Waals surface area contributed by atoms with Crippen molar-refractivity contribution in [3.05, 3.63) is 65.3 Å². The molecule has 3 heterocycles. The summed E-state index contributed by atoms with van der Waals surface area (Å²) in [5.41, 5.74) is 1.85. The monoisotopic (exact) mass is 449 g/mol. The standard InChI is InChI=1S/C25H27N3O3S/c1-17-27-23-13-21(6-7-24(23)32-17)31-16-20(29)15-28-10-8-25(30,9-11-28)19-12-18-4-2-3-5-22(18)26-14-19/h2-7,12-14,20,29-30H,8-11,15-16H2,1H3/t20-/m0/s1. The largest absolute Gasteiger partial charge is 0.491 e. The lowest BCUT2D eigenvalue weighted by atomic mass is 9.84. The molecule has 4 aromatic rings. The molecule has 0 bridgehead atoms.